The van der Waals surface area contributed by atoms with Gasteiger partial charge in [0.05, 0.1) is 5.92 Å². The van der Waals surface area contributed by atoms with Gasteiger partial charge in [0, 0.05) is 18.8 Å². The first-order valence-corrected chi connectivity index (χ1v) is 4.79. The van der Waals surface area contributed by atoms with E-state index in [1.807, 2.05) is 6.07 Å². The highest BCUT2D eigenvalue weighted by atomic mass is 16.3. The minimum absolute atomic E-state index is 0.0861. The maximum atomic E-state index is 10.8. The Bertz CT molecular complexity index is 362. The van der Waals surface area contributed by atoms with Gasteiger partial charge in [-0.15, -0.1) is 0 Å². The molecule has 0 saturated heterocycles. The summed E-state index contributed by atoms with van der Waals surface area (Å²) in [6.45, 7) is 3.69. The molecule has 0 fully saturated rings. The lowest BCUT2D eigenvalue weighted by molar-refractivity contribution is -0.108. The van der Waals surface area contributed by atoms with Gasteiger partial charge < -0.3 is 14.8 Å². The summed E-state index contributed by atoms with van der Waals surface area (Å²) in [5.41, 5.74) is 2.02. The third-order valence-electron chi connectivity index (χ3n) is 2.71. The van der Waals surface area contributed by atoms with Gasteiger partial charge in [-0.05, 0) is 30.7 Å². The number of phenols is 1. The molecule has 1 heterocycles. The molecule has 1 N–H and O–H groups in total. The second-order valence-electron chi connectivity index (χ2n) is 3.52. The number of hydrogen-bond acceptors (Lipinski definition) is 3. The predicted octanol–water partition coefficient (Wildman–Crippen LogP) is 1.51. The van der Waals surface area contributed by atoms with Gasteiger partial charge in [-0.1, -0.05) is 0 Å². The number of carbonyl (C=O) groups excluding carboxylic acids is 1. The van der Waals surface area contributed by atoms with E-state index in [-0.39, 0.29) is 11.7 Å². The van der Waals surface area contributed by atoms with Crippen molar-refractivity contribution in [2.75, 3.05) is 18.0 Å². The normalized spacial score (nSPS) is 19.5. The summed E-state index contributed by atoms with van der Waals surface area (Å²) >= 11 is 0. The van der Waals surface area contributed by atoms with Crippen molar-refractivity contribution in [3.63, 3.8) is 0 Å². The number of rotatable bonds is 2. The van der Waals surface area contributed by atoms with Crippen LogP contribution < -0.4 is 4.90 Å². The summed E-state index contributed by atoms with van der Waals surface area (Å²) in [7, 11) is 0. The number of aldehydes is 1. The zero-order valence-corrected chi connectivity index (χ0v) is 8.10. The van der Waals surface area contributed by atoms with E-state index in [0.717, 1.165) is 30.6 Å². The fourth-order valence-electron chi connectivity index (χ4n) is 1.98. The molecule has 3 heteroatoms. The smallest absolute Gasteiger partial charge is 0.129 e. The van der Waals surface area contributed by atoms with Crippen LogP contribution in [0.3, 0.4) is 0 Å². The van der Waals surface area contributed by atoms with Gasteiger partial charge >= 0.3 is 0 Å². The number of hydrogen-bond donors (Lipinski definition) is 1. The topological polar surface area (TPSA) is 40.5 Å². The molecule has 1 aromatic carbocycles. The summed E-state index contributed by atoms with van der Waals surface area (Å²) in [5.74, 6) is 0.144. The van der Waals surface area contributed by atoms with Gasteiger partial charge in [0.15, 0.2) is 0 Å². The van der Waals surface area contributed by atoms with Crippen molar-refractivity contribution in [2.24, 2.45) is 0 Å². The molecule has 0 spiro atoms. The van der Waals surface area contributed by atoms with Gasteiger partial charge in [-0.2, -0.15) is 0 Å². The van der Waals surface area contributed by atoms with E-state index >= 15 is 0 Å². The van der Waals surface area contributed by atoms with Crippen molar-refractivity contribution in [3.8, 4) is 5.75 Å². The molecule has 0 radical (unpaired) electrons. The number of aromatic hydroxyl groups is 1. The maximum Gasteiger partial charge on any atom is 0.129 e. The lowest BCUT2D eigenvalue weighted by atomic mass is 10.0. The van der Waals surface area contributed by atoms with E-state index < -0.39 is 0 Å². The lowest BCUT2D eigenvalue weighted by Gasteiger charge is -2.16. The number of benzene rings is 1. The Morgan fingerprint density at radius 3 is 3.07 bits per heavy atom. The third-order valence-corrected chi connectivity index (χ3v) is 2.71. The molecule has 1 aliphatic rings. The molecule has 14 heavy (non-hydrogen) atoms. The van der Waals surface area contributed by atoms with Crippen molar-refractivity contribution < 1.29 is 9.90 Å². The average molecular weight is 191 g/mol. The van der Waals surface area contributed by atoms with Crippen LogP contribution in [0, 0.1) is 0 Å². The van der Waals surface area contributed by atoms with Crippen LogP contribution in [0.5, 0.6) is 5.75 Å². The fraction of sp³-hybridized carbons (Fsp3) is 0.364. The van der Waals surface area contributed by atoms with E-state index in [2.05, 4.69) is 11.8 Å². The molecule has 1 aliphatic heterocycles. The molecular formula is C11H13NO2. The zero-order valence-electron chi connectivity index (χ0n) is 8.10. The minimum Gasteiger partial charge on any atom is -0.508 e. The van der Waals surface area contributed by atoms with Crippen LogP contribution >= 0.6 is 0 Å². The largest absolute Gasteiger partial charge is 0.508 e. The zero-order chi connectivity index (χ0) is 10.1. The highest BCUT2D eigenvalue weighted by Gasteiger charge is 2.27. The van der Waals surface area contributed by atoms with Crippen LogP contribution in [-0.2, 0) is 4.79 Å². The number of likely N-dealkylation sites (N-methyl/N-ethyl adjacent to an activating group) is 1. The van der Waals surface area contributed by atoms with Crippen LogP contribution in [-0.4, -0.2) is 24.5 Å². The van der Waals surface area contributed by atoms with Gasteiger partial charge in [0.2, 0.25) is 0 Å². The van der Waals surface area contributed by atoms with Crippen molar-refractivity contribution in [1.82, 2.24) is 0 Å². The molecule has 0 aliphatic carbocycles. The number of phenolic OH excluding ortho intramolecular Hbond substituents is 1. The number of fused-ring (bicyclic) bond motifs is 1. The summed E-state index contributed by atoms with van der Waals surface area (Å²) in [6.07, 6.45) is 0.952. The van der Waals surface area contributed by atoms with Gasteiger partial charge in [-0.3, -0.25) is 0 Å². The maximum absolute atomic E-state index is 10.8. The van der Waals surface area contributed by atoms with Crippen molar-refractivity contribution in [1.29, 1.82) is 0 Å². The Morgan fingerprint density at radius 1 is 1.64 bits per heavy atom. The standard InChI is InChI=1S/C11H13NO2/c1-2-12-6-8(7-13)10-5-9(14)3-4-11(10)12/h3-5,7-8,14H,2,6H2,1H3. The first-order chi connectivity index (χ1) is 6.76. The van der Waals surface area contributed by atoms with Crippen LogP contribution in [0.15, 0.2) is 18.2 Å². The Kier molecular flexibility index (Phi) is 2.15. The average Bonchev–Trinajstić information content (AvgIpc) is 2.55. The van der Waals surface area contributed by atoms with Crippen LogP contribution in [0.4, 0.5) is 5.69 Å². The molecule has 0 bridgehead atoms. The Balaban J connectivity index is 2.47. The highest BCUT2D eigenvalue weighted by molar-refractivity contribution is 5.75. The van der Waals surface area contributed by atoms with Crippen molar-refractivity contribution in [2.45, 2.75) is 12.8 Å². The van der Waals surface area contributed by atoms with Crippen LogP contribution in [0.25, 0.3) is 0 Å². The van der Waals surface area contributed by atoms with Crippen molar-refractivity contribution in [3.05, 3.63) is 23.8 Å². The number of carbonyl (C=O) groups is 1. The number of anilines is 1. The van der Waals surface area contributed by atoms with E-state index in [4.69, 9.17) is 0 Å². The van der Waals surface area contributed by atoms with E-state index in [1.54, 1.807) is 12.1 Å². The predicted molar refractivity (Wildman–Crippen MR) is 54.8 cm³/mol. The molecule has 1 aromatic rings. The lowest BCUT2D eigenvalue weighted by Crippen LogP contribution is -2.21. The molecule has 1 unspecified atom stereocenters. The Morgan fingerprint density at radius 2 is 2.43 bits per heavy atom. The van der Waals surface area contributed by atoms with E-state index in [0.29, 0.717) is 0 Å². The summed E-state index contributed by atoms with van der Waals surface area (Å²) in [5, 5.41) is 9.33. The van der Waals surface area contributed by atoms with Crippen LogP contribution in [0.2, 0.25) is 0 Å². The number of nitrogens with zero attached hydrogens (tertiary/aromatic N) is 1. The fourth-order valence-corrected chi connectivity index (χ4v) is 1.98. The molecule has 0 aromatic heterocycles. The summed E-state index contributed by atoms with van der Waals surface area (Å²) in [6, 6.07) is 5.22. The molecule has 0 saturated carbocycles. The molecule has 1 atom stereocenters. The SMILES string of the molecule is CCN1CC(C=O)c2cc(O)ccc21. The molecule has 2 rings (SSSR count). The van der Waals surface area contributed by atoms with Gasteiger partial charge in [0.25, 0.3) is 0 Å². The second-order valence-corrected chi connectivity index (χ2v) is 3.52. The minimum atomic E-state index is -0.0861. The third kappa shape index (κ3) is 1.25. The van der Waals surface area contributed by atoms with Crippen molar-refractivity contribution >= 4 is 12.0 Å². The second kappa shape index (κ2) is 3.33. The Labute approximate surface area is 83.0 Å². The molecule has 74 valence electrons. The quantitative estimate of drug-likeness (QED) is 0.720. The monoisotopic (exact) mass is 191 g/mol. The first-order valence-electron chi connectivity index (χ1n) is 4.79. The molecule has 3 nitrogen and oxygen atoms in total. The first kappa shape index (κ1) is 9.06. The summed E-state index contributed by atoms with van der Waals surface area (Å²) in [4.78, 5) is 13.0. The van der Waals surface area contributed by atoms with E-state index in [1.165, 1.54) is 0 Å². The molecular weight excluding hydrogens is 178 g/mol. The summed E-state index contributed by atoms with van der Waals surface area (Å²) < 4.78 is 0. The highest BCUT2D eigenvalue weighted by Crippen LogP contribution is 2.36. The van der Waals surface area contributed by atoms with E-state index in [9.17, 15) is 9.90 Å². The van der Waals surface area contributed by atoms with Crippen LogP contribution in [0.1, 0.15) is 18.4 Å². The van der Waals surface area contributed by atoms with Gasteiger partial charge in [-0.25, -0.2) is 0 Å². The molecule has 0 amide bonds. The Hall–Kier alpha value is -1.51. The van der Waals surface area contributed by atoms with Gasteiger partial charge in [0.1, 0.15) is 12.0 Å².